The van der Waals surface area contributed by atoms with E-state index in [1.165, 1.54) is 18.3 Å². The summed E-state index contributed by atoms with van der Waals surface area (Å²) in [4.78, 5) is 18.4. The fraction of sp³-hybridized carbons (Fsp3) is 0.333. The van der Waals surface area contributed by atoms with Crippen LogP contribution in [-0.2, 0) is 4.74 Å². The summed E-state index contributed by atoms with van der Waals surface area (Å²) < 4.78 is 5.00. The summed E-state index contributed by atoms with van der Waals surface area (Å²) in [7, 11) is 0. The molecule has 16 heavy (non-hydrogen) atoms. The molecule has 0 N–H and O–H groups in total. The number of hydrogen-bond donors (Lipinski definition) is 0. The van der Waals surface area contributed by atoms with Crippen LogP contribution in [0.2, 0.25) is 0 Å². The maximum atomic E-state index is 10.6. The highest BCUT2D eigenvalue weighted by atomic mass is 16.7. The van der Waals surface area contributed by atoms with Crippen molar-refractivity contribution in [3.63, 3.8) is 0 Å². The number of pyridine rings is 1. The standard InChI is InChI=1S/C9H11N3O4/c1-3-15-7(2)11-16-8-5-4-6-10-9(8)12(13)14/h4-6H,3H2,1-2H3/b11-7+. The molecule has 1 heterocycles. The van der Waals surface area contributed by atoms with Crippen LogP contribution in [0.15, 0.2) is 23.5 Å². The van der Waals surface area contributed by atoms with Crippen molar-refractivity contribution in [2.24, 2.45) is 5.16 Å². The monoisotopic (exact) mass is 225 g/mol. The second-order valence-electron chi connectivity index (χ2n) is 2.72. The van der Waals surface area contributed by atoms with Crippen LogP contribution in [-0.4, -0.2) is 22.4 Å². The summed E-state index contributed by atoms with van der Waals surface area (Å²) in [5.41, 5.74) is 0. The van der Waals surface area contributed by atoms with Crippen molar-refractivity contribution in [1.82, 2.24) is 4.98 Å². The van der Waals surface area contributed by atoms with E-state index in [9.17, 15) is 10.1 Å². The molecule has 0 unspecified atom stereocenters. The van der Waals surface area contributed by atoms with Gasteiger partial charge in [0.05, 0.1) is 6.61 Å². The van der Waals surface area contributed by atoms with Gasteiger partial charge in [-0.15, -0.1) is 0 Å². The van der Waals surface area contributed by atoms with Gasteiger partial charge in [0.2, 0.25) is 5.90 Å². The van der Waals surface area contributed by atoms with E-state index in [0.29, 0.717) is 12.5 Å². The minimum Gasteiger partial charge on any atom is -0.479 e. The first-order chi connectivity index (χ1) is 7.65. The number of ether oxygens (including phenoxy) is 1. The molecule has 0 aliphatic carbocycles. The average molecular weight is 225 g/mol. The Labute approximate surface area is 91.8 Å². The van der Waals surface area contributed by atoms with Gasteiger partial charge >= 0.3 is 5.82 Å². The van der Waals surface area contributed by atoms with Gasteiger partial charge in [0.15, 0.2) is 0 Å². The number of hydrogen-bond acceptors (Lipinski definition) is 6. The van der Waals surface area contributed by atoms with Crippen molar-refractivity contribution in [3.8, 4) is 5.75 Å². The summed E-state index contributed by atoms with van der Waals surface area (Å²) in [5.74, 6) is -0.109. The molecule has 0 radical (unpaired) electrons. The van der Waals surface area contributed by atoms with Gasteiger partial charge in [-0.3, -0.25) is 0 Å². The highest BCUT2D eigenvalue weighted by molar-refractivity contribution is 5.72. The van der Waals surface area contributed by atoms with Crippen molar-refractivity contribution in [2.45, 2.75) is 13.8 Å². The van der Waals surface area contributed by atoms with Crippen molar-refractivity contribution < 1.29 is 14.5 Å². The van der Waals surface area contributed by atoms with E-state index >= 15 is 0 Å². The second kappa shape index (κ2) is 5.64. The van der Waals surface area contributed by atoms with E-state index < -0.39 is 4.92 Å². The molecular formula is C9H11N3O4. The van der Waals surface area contributed by atoms with E-state index in [1.54, 1.807) is 13.8 Å². The zero-order valence-electron chi connectivity index (χ0n) is 8.91. The van der Waals surface area contributed by atoms with E-state index in [-0.39, 0.29) is 11.6 Å². The van der Waals surface area contributed by atoms with Crippen LogP contribution in [0.3, 0.4) is 0 Å². The summed E-state index contributed by atoms with van der Waals surface area (Å²) in [6.07, 6.45) is 1.31. The quantitative estimate of drug-likeness (QED) is 0.337. The van der Waals surface area contributed by atoms with Gasteiger partial charge in [0.25, 0.3) is 5.75 Å². The summed E-state index contributed by atoms with van der Waals surface area (Å²) in [6, 6.07) is 2.93. The molecule has 0 saturated heterocycles. The fourth-order valence-corrected chi connectivity index (χ4v) is 0.939. The Bertz CT molecular complexity index is 405. The van der Waals surface area contributed by atoms with Gasteiger partial charge in [-0.25, -0.2) is 0 Å². The van der Waals surface area contributed by atoms with Crippen molar-refractivity contribution in [3.05, 3.63) is 28.4 Å². The van der Waals surface area contributed by atoms with Gasteiger partial charge in [-0.05, 0) is 34.1 Å². The van der Waals surface area contributed by atoms with Crippen LogP contribution in [0, 0.1) is 10.1 Å². The molecule has 0 aliphatic heterocycles. The predicted molar refractivity (Wildman–Crippen MR) is 56.3 cm³/mol. The summed E-state index contributed by atoms with van der Waals surface area (Å²) in [5, 5.41) is 14.2. The Morgan fingerprint density at radius 3 is 3.06 bits per heavy atom. The zero-order valence-corrected chi connectivity index (χ0v) is 8.91. The molecule has 0 spiro atoms. The molecule has 86 valence electrons. The summed E-state index contributed by atoms with van der Waals surface area (Å²) in [6.45, 7) is 3.84. The lowest BCUT2D eigenvalue weighted by molar-refractivity contribution is -0.390. The molecule has 0 bridgehead atoms. The van der Waals surface area contributed by atoms with E-state index in [1.807, 2.05) is 0 Å². The zero-order chi connectivity index (χ0) is 12.0. The lowest BCUT2D eigenvalue weighted by Crippen LogP contribution is -2.02. The Hall–Kier alpha value is -2.18. The first-order valence-electron chi connectivity index (χ1n) is 4.59. The molecule has 7 heteroatoms. The van der Waals surface area contributed by atoms with Crippen LogP contribution in [0.25, 0.3) is 0 Å². The third-order valence-electron chi connectivity index (χ3n) is 1.55. The van der Waals surface area contributed by atoms with Crippen LogP contribution < -0.4 is 4.84 Å². The van der Waals surface area contributed by atoms with Gasteiger partial charge in [-0.2, -0.15) is 0 Å². The molecule has 7 nitrogen and oxygen atoms in total. The minimum atomic E-state index is -0.638. The Morgan fingerprint density at radius 1 is 1.69 bits per heavy atom. The van der Waals surface area contributed by atoms with Gasteiger partial charge in [-0.1, -0.05) is 0 Å². The molecule has 1 aromatic heterocycles. The SMILES string of the molecule is CCO/C(C)=N/Oc1cccnc1[N+](=O)[O-]. The lowest BCUT2D eigenvalue weighted by Gasteiger charge is -2.02. The molecule has 0 fully saturated rings. The highest BCUT2D eigenvalue weighted by Gasteiger charge is 2.15. The molecule has 0 aromatic carbocycles. The molecule has 0 amide bonds. The number of nitrogens with zero attached hydrogens (tertiary/aromatic N) is 3. The predicted octanol–water partition coefficient (Wildman–Crippen LogP) is 1.74. The molecule has 0 aliphatic rings. The minimum absolute atomic E-state index is 0.0217. The lowest BCUT2D eigenvalue weighted by atomic mass is 10.4. The summed E-state index contributed by atoms with van der Waals surface area (Å²) >= 11 is 0. The third kappa shape index (κ3) is 3.19. The van der Waals surface area contributed by atoms with Crippen LogP contribution in [0.4, 0.5) is 5.82 Å². The smallest absolute Gasteiger partial charge is 0.409 e. The first-order valence-corrected chi connectivity index (χ1v) is 4.59. The normalized spacial score (nSPS) is 11.0. The number of nitro groups is 1. The van der Waals surface area contributed by atoms with Gasteiger partial charge in [0, 0.05) is 6.92 Å². The number of oxime groups is 1. The van der Waals surface area contributed by atoms with E-state index in [2.05, 4.69) is 10.1 Å². The van der Waals surface area contributed by atoms with Crippen LogP contribution >= 0.6 is 0 Å². The first kappa shape index (κ1) is 11.9. The second-order valence-corrected chi connectivity index (χ2v) is 2.72. The molecular weight excluding hydrogens is 214 g/mol. The van der Waals surface area contributed by atoms with Crippen molar-refractivity contribution in [2.75, 3.05) is 6.61 Å². The topological polar surface area (TPSA) is 86.8 Å². The maximum Gasteiger partial charge on any atom is 0.409 e. The van der Waals surface area contributed by atoms with Gasteiger partial charge in [0.1, 0.15) is 6.20 Å². The largest absolute Gasteiger partial charge is 0.479 e. The molecule has 1 rings (SSSR count). The molecule has 1 aromatic rings. The third-order valence-corrected chi connectivity index (χ3v) is 1.55. The Morgan fingerprint density at radius 2 is 2.44 bits per heavy atom. The highest BCUT2D eigenvalue weighted by Crippen LogP contribution is 2.22. The van der Waals surface area contributed by atoms with Crippen LogP contribution in [0.5, 0.6) is 5.75 Å². The van der Waals surface area contributed by atoms with Crippen molar-refractivity contribution in [1.29, 1.82) is 0 Å². The molecule has 0 saturated carbocycles. The molecule has 0 atom stereocenters. The average Bonchev–Trinajstić information content (AvgIpc) is 2.27. The van der Waals surface area contributed by atoms with E-state index in [4.69, 9.17) is 9.57 Å². The maximum absolute atomic E-state index is 10.6. The van der Waals surface area contributed by atoms with Crippen LogP contribution in [0.1, 0.15) is 13.8 Å². The number of rotatable bonds is 4. The van der Waals surface area contributed by atoms with Gasteiger partial charge < -0.3 is 19.7 Å². The Balaban J connectivity index is 2.81. The van der Waals surface area contributed by atoms with E-state index in [0.717, 1.165) is 0 Å². The number of aromatic nitrogens is 1. The van der Waals surface area contributed by atoms with Crippen molar-refractivity contribution >= 4 is 11.7 Å². The fourth-order valence-electron chi connectivity index (χ4n) is 0.939. The Kier molecular flexibility index (Phi) is 4.19.